The molecular formula is C11H12N4O3S. The lowest BCUT2D eigenvalue weighted by molar-refractivity contribution is -0.750. The van der Waals surface area contributed by atoms with Crippen LogP contribution in [-0.2, 0) is 16.7 Å². The fourth-order valence-electron chi connectivity index (χ4n) is 1.40. The first-order valence-electron chi connectivity index (χ1n) is 5.52. The van der Waals surface area contributed by atoms with Crippen LogP contribution < -0.4 is 4.68 Å². The number of nitrogens with zero attached hydrogens (tertiary/aromatic N) is 4. The molecule has 0 fully saturated rings. The number of aryl methyl sites for hydroxylation is 2. The van der Waals surface area contributed by atoms with Crippen molar-refractivity contribution < 1.29 is 17.7 Å². The largest absolute Gasteiger partial charge is 0.748 e. The van der Waals surface area contributed by atoms with Crippen molar-refractivity contribution in [3.05, 3.63) is 36.4 Å². The maximum absolute atomic E-state index is 10.5. The molecule has 0 saturated carbocycles. The Labute approximate surface area is 110 Å². The average Bonchev–Trinajstić information content (AvgIpc) is 2.37. The van der Waals surface area contributed by atoms with Gasteiger partial charge in [0, 0.05) is 24.0 Å². The number of hydrogen-bond acceptors (Lipinski definition) is 6. The molecule has 2 aromatic rings. The highest BCUT2D eigenvalue weighted by Gasteiger charge is 2.08. The standard InChI is InChI=1S/C11H12N4O3S/c1-9-6-12-11(13-7-9)10-2-3-15(14-8-10)4-5-19(16,17)18/h2-3,6-8H,4-5H2,1H3. The molecule has 100 valence electrons. The Morgan fingerprint density at radius 1 is 1.26 bits per heavy atom. The monoisotopic (exact) mass is 280 g/mol. The van der Waals surface area contributed by atoms with Gasteiger partial charge in [-0.25, -0.2) is 18.4 Å². The first-order valence-corrected chi connectivity index (χ1v) is 7.10. The van der Waals surface area contributed by atoms with E-state index in [2.05, 4.69) is 15.1 Å². The van der Waals surface area contributed by atoms with Gasteiger partial charge in [0.05, 0.1) is 5.75 Å². The van der Waals surface area contributed by atoms with Crippen LogP contribution in [0.25, 0.3) is 11.4 Å². The van der Waals surface area contributed by atoms with Gasteiger partial charge in [-0.2, -0.15) is 0 Å². The summed E-state index contributed by atoms with van der Waals surface area (Å²) in [6.45, 7) is 1.92. The molecular weight excluding hydrogens is 268 g/mol. The second kappa shape index (κ2) is 5.37. The van der Waals surface area contributed by atoms with Gasteiger partial charge in [0.2, 0.25) is 0 Å². The summed E-state index contributed by atoms with van der Waals surface area (Å²) in [5.74, 6) is 0.0621. The summed E-state index contributed by atoms with van der Waals surface area (Å²) >= 11 is 0. The zero-order valence-corrected chi connectivity index (χ0v) is 11.0. The van der Waals surface area contributed by atoms with E-state index in [0.29, 0.717) is 5.82 Å². The minimum atomic E-state index is -4.22. The van der Waals surface area contributed by atoms with Gasteiger partial charge in [-0.3, -0.25) is 0 Å². The van der Waals surface area contributed by atoms with Crippen LogP contribution in [0.4, 0.5) is 0 Å². The van der Waals surface area contributed by atoms with Crippen LogP contribution in [-0.4, -0.2) is 33.8 Å². The lowest BCUT2D eigenvalue weighted by Crippen LogP contribution is -2.40. The second-order valence-corrected chi connectivity index (χ2v) is 5.55. The molecule has 0 aliphatic carbocycles. The average molecular weight is 280 g/mol. The molecule has 2 heterocycles. The van der Waals surface area contributed by atoms with Gasteiger partial charge < -0.3 is 4.55 Å². The van der Waals surface area contributed by atoms with Crippen molar-refractivity contribution in [2.75, 3.05) is 5.75 Å². The van der Waals surface area contributed by atoms with Crippen LogP contribution in [0.5, 0.6) is 0 Å². The molecule has 0 aromatic carbocycles. The zero-order chi connectivity index (χ0) is 13.9. The number of hydrogen-bond donors (Lipinski definition) is 0. The van der Waals surface area contributed by atoms with Gasteiger partial charge in [0.15, 0.2) is 18.6 Å². The predicted molar refractivity (Wildman–Crippen MR) is 64.8 cm³/mol. The Hall–Kier alpha value is -1.93. The van der Waals surface area contributed by atoms with E-state index >= 15 is 0 Å². The van der Waals surface area contributed by atoms with Gasteiger partial charge in [-0.1, -0.05) is 4.68 Å². The lowest BCUT2D eigenvalue weighted by Gasteiger charge is -2.02. The first kappa shape index (κ1) is 13.5. The van der Waals surface area contributed by atoms with E-state index in [9.17, 15) is 13.0 Å². The van der Waals surface area contributed by atoms with Crippen molar-refractivity contribution in [3.63, 3.8) is 0 Å². The smallest absolute Gasteiger partial charge is 0.197 e. The van der Waals surface area contributed by atoms with E-state index in [-0.39, 0.29) is 6.54 Å². The molecule has 0 spiro atoms. The molecule has 19 heavy (non-hydrogen) atoms. The second-order valence-electron chi connectivity index (χ2n) is 4.02. The topological polar surface area (TPSA) is 99.8 Å². The van der Waals surface area contributed by atoms with Crippen molar-refractivity contribution in [2.45, 2.75) is 13.5 Å². The Balaban J connectivity index is 2.12. The highest BCUT2D eigenvalue weighted by atomic mass is 32.2. The fraction of sp³-hybridized carbons (Fsp3) is 0.273. The van der Waals surface area contributed by atoms with Crippen LogP contribution >= 0.6 is 0 Å². The Morgan fingerprint density at radius 3 is 2.47 bits per heavy atom. The third-order valence-corrected chi connectivity index (χ3v) is 3.06. The van der Waals surface area contributed by atoms with E-state index in [0.717, 1.165) is 11.1 Å². The zero-order valence-electron chi connectivity index (χ0n) is 10.2. The number of rotatable bonds is 4. The molecule has 0 aliphatic heterocycles. The lowest BCUT2D eigenvalue weighted by atomic mass is 10.3. The molecule has 0 bridgehead atoms. The highest BCUT2D eigenvalue weighted by molar-refractivity contribution is 7.85. The third-order valence-electron chi connectivity index (χ3n) is 2.38. The van der Waals surface area contributed by atoms with Crippen LogP contribution in [0.2, 0.25) is 0 Å². The fourth-order valence-corrected chi connectivity index (χ4v) is 1.81. The summed E-state index contributed by atoms with van der Waals surface area (Å²) < 4.78 is 32.9. The van der Waals surface area contributed by atoms with Crippen molar-refractivity contribution in [2.24, 2.45) is 0 Å². The Morgan fingerprint density at radius 2 is 1.95 bits per heavy atom. The summed E-state index contributed by atoms with van der Waals surface area (Å²) in [7, 11) is -4.22. The molecule has 0 amide bonds. The van der Waals surface area contributed by atoms with Gasteiger partial charge >= 0.3 is 0 Å². The summed E-state index contributed by atoms with van der Waals surface area (Å²) in [6, 6.07) is 1.72. The van der Waals surface area contributed by atoms with Gasteiger partial charge in [-0.15, -0.1) is 0 Å². The van der Waals surface area contributed by atoms with Crippen LogP contribution in [0.1, 0.15) is 5.56 Å². The normalized spacial score (nSPS) is 11.5. The van der Waals surface area contributed by atoms with E-state index in [1.165, 1.54) is 10.9 Å². The van der Waals surface area contributed by atoms with Gasteiger partial charge in [0.1, 0.15) is 16.3 Å². The SMILES string of the molecule is Cc1cnc(-c2cc[n+](CCS(=O)(=O)[O-])nc2)nc1. The van der Waals surface area contributed by atoms with E-state index in [4.69, 9.17) is 0 Å². The molecule has 7 nitrogen and oxygen atoms in total. The quantitative estimate of drug-likeness (QED) is 0.562. The first-order chi connectivity index (χ1) is 8.94. The predicted octanol–water partition coefficient (Wildman–Crippen LogP) is -0.320. The molecule has 0 radical (unpaired) electrons. The minimum Gasteiger partial charge on any atom is -0.748 e. The van der Waals surface area contributed by atoms with Crippen LogP contribution in [0.15, 0.2) is 30.9 Å². The maximum atomic E-state index is 10.5. The number of aromatic nitrogens is 4. The summed E-state index contributed by atoms with van der Waals surface area (Å²) in [4.78, 5) is 8.31. The van der Waals surface area contributed by atoms with E-state index in [1.54, 1.807) is 24.7 Å². The van der Waals surface area contributed by atoms with Gasteiger partial charge in [0.25, 0.3) is 0 Å². The van der Waals surface area contributed by atoms with Crippen LogP contribution in [0, 0.1) is 6.92 Å². The van der Waals surface area contributed by atoms with Gasteiger partial charge in [-0.05, 0) is 17.6 Å². The summed E-state index contributed by atoms with van der Waals surface area (Å²) in [5.41, 5.74) is 1.68. The molecule has 8 heteroatoms. The van der Waals surface area contributed by atoms with Crippen molar-refractivity contribution >= 4 is 10.1 Å². The molecule has 0 aliphatic rings. The summed E-state index contributed by atoms with van der Waals surface area (Å²) in [5, 5.41) is 4.01. The van der Waals surface area contributed by atoms with Crippen molar-refractivity contribution in [1.82, 2.24) is 15.1 Å². The Bertz CT molecular complexity index is 653. The van der Waals surface area contributed by atoms with E-state index in [1.807, 2.05) is 6.92 Å². The van der Waals surface area contributed by atoms with E-state index < -0.39 is 15.9 Å². The third kappa shape index (κ3) is 4.04. The van der Waals surface area contributed by atoms with Crippen molar-refractivity contribution in [1.29, 1.82) is 0 Å². The van der Waals surface area contributed by atoms with Crippen LogP contribution in [0.3, 0.4) is 0 Å². The molecule has 0 unspecified atom stereocenters. The summed E-state index contributed by atoms with van der Waals surface area (Å²) in [6.07, 6.45) is 6.52. The molecule has 0 saturated heterocycles. The molecule has 2 aromatic heterocycles. The molecule has 2 rings (SSSR count). The highest BCUT2D eigenvalue weighted by Crippen LogP contribution is 2.10. The molecule has 0 N–H and O–H groups in total. The maximum Gasteiger partial charge on any atom is 0.197 e. The molecule has 0 atom stereocenters. The van der Waals surface area contributed by atoms with Crippen molar-refractivity contribution in [3.8, 4) is 11.4 Å². The minimum absolute atomic E-state index is 0.0286. The Kier molecular flexibility index (Phi) is 3.82.